The molecule has 0 aromatic carbocycles. The predicted molar refractivity (Wildman–Crippen MR) is 75.1 cm³/mol. The molecule has 1 saturated carbocycles. The second-order valence-electron chi connectivity index (χ2n) is 5.92. The van der Waals surface area contributed by atoms with E-state index < -0.39 is 5.54 Å². The molecule has 1 aliphatic carbocycles. The first-order valence-corrected chi connectivity index (χ1v) is 7.30. The second kappa shape index (κ2) is 6.20. The second-order valence-corrected chi connectivity index (χ2v) is 5.92. The SMILES string of the molecule is CNC(CN1CCCN(C)CC1)(C(=O)OC)C1CC1. The number of carbonyl (C=O) groups is 1. The summed E-state index contributed by atoms with van der Waals surface area (Å²) in [6.07, 6.45) is 3.43. The van der Waals surface area contributed by atoms with E-state index in [0.717, 1.165) is 45.6 Å². The lowest BCUT2D eigenvalue weighted by Crippen LogP contribution is -2.60. The molecule has 5 heteroatoms. The van der Waals surface area contributed by atoms with E-state index in [9.17, 15) is 4.79 Å². The Morgan fingerprint density at radius 3 is 2.63 bits per heavy atom. The summed E-state index contributed by atoms with van der Waals surface area (Å²) in [4.78, 5) is 17.0. The van der Waals surface area contributed by atoms with Crippen LogP contribution < -0.4 is 5.32 Å². The van der Waals surface area contributed by atoms with Crippen molar-refractivity contribution in [2.45, 2.75) is 24.8 Å². The minimum Gasteiger partial charge on any atom is -0.468 e. The summed E-state index contributed by atoms with van der Waals surface area (Å²) in [5.74, 6) is 0.334. The molecule has 110 valence electrons. The summed E-state index contributed by atoms with van der Waals surface area (Å²) in [6, 6.07) is 0. The zero-order chi connectivity index (χ0) is 13.9. The number of nitrogens with one attached hydrogen (secondary N) is 1. The van der Waals surface area contributed by atoms with Crippen molar-refractivity contribution in [2.75, 3.05) is 53.9 Å². The molecule has 2 aliphatic rings. The lowest BCUT2D eigenvalue weighted by molar-refractivity contribution is -0.150. The van der Waals surface area contributed by atoms with Crippen LogP contribution in [0.5, 0.6) is 0 Å². The Morgan fingerprint density at radius 2 is 2.05 bits per heavy atom. The molecule has 5 nitrogen and oxygen atoms in total. The average molecular weight is 269 g/mol. The molecule has 2 rings (SSSR count). The van der Waals surface area contributed by atoms with Crippen LogP contribution in [0.2, 0.25) is 0 Å². The Bertz CT molecular complexity index is 320. The van der Waals surface area contributed by atoms with Crippen LogP contribution in [0.3, 0.4) is 0 Å². The van der Waals surface area contributed by atoms with Gasteiger partial charge in [0.15, 0.2) is 0 Å². The molecule has 1 aliphatic heterocycles. The predicted octanol–water partition coefficient (Wildman–Crippen LogP) is 0.165. The fourth-order valence-corrected chi connectivity index (χ4v) is 3.11. The normalized spacial score (nSPS) is 25.6. The summed E-state index contributed by atoms with van der Waals surface area (Å²) in [6.45, 7) is 5.09. The zero-order valence-electron chi connectivity index (χ0n) is 12.4. The third-order valence-corrected chi connectivity index (χ3v) is 4.56. The molecule has 1 heterocycles. The van der Waals surface area contributed by atoms with Crippen molar-refractivity contribution >= 4 is 5.97 Å². The molecule has 0 aromatic heterocycles. The van der Waals surface area contributed by atoms with Gasteiger partial charge in [-0.15, -0.1) is 0 Å². The Hall–Kier alpha value is -0.650. The van der Waals surface area contributed by atoms with Gasteiger partial charge in [-0.25, -0.2) is 4.79 Å². The van der Waals surface area contributed by atoms with Gasteiger partial charge in [0.1, 0.15) is 5.54 Å². The molecule has 0 bridgehead atoms. The van der Waals surface area contributed by atoms with Gasteiger partial charge in [0.25, 0.3) is 0 Å². The van der Waals surface area contributed by atoms with E-state index in [-0.39, 0.29) is 5.97 Å². The van der Waals surface area contributed by atoms with Crippen LogP contribution in [0.1, 0.15) is 19.3 Å². The maximum absolute atomic E-state index is 12.2. The fraction of sp³-hybridized carbons (Fsp3) is 0.929. The molecule has 0 aromatic rings. The van der Waals surface area contributed by atoms with Gasteiger partial charge < -0.3 is 15.0 Å². The van der Waals surface area contributed by atoms with E-state index in [1.54, 1.807) is 0 Å². The smallest absolute Gasteiger partial charge is 0.327 e. The molecule has 0 amide bonds. The Kier molecular flexibility index (Phi) is 4.81. The van der Waals surface area contributed by atoms with Gasteiger partial charge in [-0.3, -0.25) is 4.90 Å². The highest BCUT2D eigenvalue weighted by Crippen LogP contribution is 2.40. The van der Waals surface area contributed by atoms with E-state index in [1.165, 1.54) is 13.5 Å². The van der Waals surface area contributed by atoms with Crippen molar-refractivity contribution in [3.05, 3.63) is 0 Å². The van der Waals surface area contributed by atoms with E-state index in [1.807, 2.05) is 7.05 Å². The molecule has 0 spiro atoms. The highest BCUT2D eigenvalue weighted by Gasteiger charge is 2.51. The maximum Gasteiger partial charge on any atom is 0.327 e. The van der Waals surface area contributed by atoms with Crippen LogP contribution in [0.4, 0.5) is 0 Å². The number of hydrogen-bond donors (Lipinski definition) is 1. The van der Waals surface area contributed by atoms with Gasteiger partial charge in [-0.05, 0) is 52.4 Å². The molecule has 1 atom stereocenters. The molecule has 1 saturated heterocycles. The van der Waals surface area contributed by atoms with Crippen LogP contribution in [-0.2, 0) is 9.53 Å². The van der Waals surface area contributed by atoms with Crippen molar-refractivity contribution < 1.29 is 9.53 Å². The highest BCUT2D eigenvalue weighted by atomic mass is 16.5. The number of methoxy groups -OCH3 is 1. The van der Waals surface area contributed by atoms with E-state index in [4.69, 9.17) is 4.74 Å². The monoisotopic (exact) mass is 269 g/mol. The van der Waals surface area contributed by atoms with Crippen LogP contribution in [-0.4, -0.2) is 75.2 Å². The van der Waals surface area contributed by atoms with Gasteiger partial charge in [0, 0.05) is 19.6 Å². The maximum atomic E-state index is 12.2. The largest absolute Gasteiger partial charge is 0.468 e. The summed E-state index contributed by atoms with van der Waals surface area (Å²) < 4.78 is 5.06. The number of ether oxygens (including phenoxy) is 1. The number of esters is 1. The summed E-state index contributed by atoms with van der Waals surface area (Å²) >= 11 is 0. The van der Waals surface area contributed by atoms with Gasteiger partial charge >= 0.3 is 5.97 Å². The first kappa shape index (κ1) is 14.8. The van der Waals surface area contributed by atoms with Crippen molar-refractivity contribution in [1.82, 2.24) is 15.1 Å². The standard InChI is InChI=1S/C14H27N3O2/c1-15-14(12-5-6-12,13(18)19-3)11-17-8-4-7-16(2)9-10-17/h12,15H,4-11H2,1-3H3. The van der Waals surface area contributed by atoms with Gasteiger partial charge in [-0.2, -0.15) is 0 Å². The van der Waals surface area contributed by atoms with Crippen LogP contribution in [0.15, 0.2) is 0 Å². The number of rotatable bonds is 5. The lowest BCUT2D eigenvalue weighted by Gasteiger charge is -2.35. The average Bonchev–Trinajstić information content (AvgIpc) is 3.24. The molecule has 1 unspecified atom stereocenters. The Labute approximate surface area is 116 Å². The first-order valence-electron chi connectivity index (χ1n) is 7.30. The molecule has 19 heavy (non-hydrogen) atoms. The first-order chi connectivity index (χ1) is 9.12. The fourth-order valence-electron chi connectivity index (χ4n) is 3.11. The minimum absolute atomic E-state index is 0.102. The third-order valence-electron chi connectivity index (χ3n) is 4.56. The summed E-state index contributed by atoms with van der Waals surface area (Å²) in [5.41, 5.74) is -0.502. The molecule has 2 fully saturated rings. The summed E-state index contributed by atoms with van der Waals surface area (Å²) in [7, 11) is 5.54. The number of hydrogen-bond acceptors (Lipinski definition) is 5. The minimum atomic E-state index is -0.502. The van der Waals surface area contributed by atoms with Gasteiger partial charge in [-0.1, -0.05) is 0 Å². The topological polar surface area (TPSA) is 44.8 Å². The highest BCUT2D eigenvalue weighted by molar-refractivity contribution is 5.82. The summed E-state index contributed by atoms with van der Waals surface area (Å²) in [5, 5.41) is 3.28. The van der Waals surface area contributed by atoms with Gasteiger partial charge in [0.05, 0.1) is 7.11 Å². The van der Waals surface area contributed by atoms with E-state index >= 15 is 0 Å². The van der Waals surface area contributed by atoms with Crippen LogP contribution >= 0.6 is 0 Å². The lowest BCUT2D eigenvalue weighted by atomic mass is 9.92. The van der Waals surface area contributed by atoms with E-state index in [2.05, 4.69) is 22.2 Å². The van der Waals surface area contributed by atoms with Crippen molar-refractivity contribution in [3.8, 4) is 0 Å². The number of carbonyl (C=O) groups excluding carboxylic acids is 1. The molecular weight excluding hydrogens is 242 g/mol. The number of likely N-dealkylation sites (N-methyl/N-ethyl adjacent to an activating group) is 2. The van der Waals surface area contributed by atoms with Crippen LogP contribution in [0, 0.1) is 5.92 Å². The molecule has 1 N–H and O–H groups in total. The zero-order valence-corrected chi connectivity index (χ0v) is 12.4. The molecule has 0 radical (unpaired) electrons. The van der Waals surface area contributed by atoms with Crippen molar-refractivity contribution in [3.63, 3.8) is 0 Å². The molecular formula is C14H27N3O2. The van der Waals surface area contributed by atoms with Gasteiger partial charge in [0.2, 0.25) is 0 Å². The quantitative estimate of drug-likeness (QED) is 0.721. The number of nitrogens with zero attached hydrogens (tertiary/aromatic N) is 2. The Morgan fingerprint density at radius 1 is 1.32 bits per heavy atom. The van der Waals surface area contributed by atoms with Crippen molar-refractivity contribution in [1.29, 1.82) is 0 Å². The van der Waals surface area contributed by atoms with E-state index in [0.29, 0.717) is 5.92 Å². The van der Waals surface area contributed by atoms with Crippen molar-refractivity contribution in [2.24, 2.45) is 5.92 Å². The van der Waals surface area contributed by atoms with Crippen LogP contribution in [0.25, 0.3) is 0 Å². The Balaban J connectivity index is 2.04. The third kappa shape index (κ3) is 3.27.